The van der Waals surface area contributed by atoms with Crippen LogP contribution < -0.4 is 0 Å². The average Bonchev–Trinajstić information content (AvgIpc) is 2.73. The zero-order chi connectivity index (χ0) is 21.3. The van der Waals surface area contributed by atoms with Gasteiger partial charge in [0.25, 0.3) is 0 Å². The summed E-state index contributed by atoms with van der Waals surface area (Å²) in [7, 11) is 0. The van der Waals surface area contributed by atoms with E-state index < -0.39 is 0 Å². The van der Waals surface area contributed by atoms with Gasteiger partial charge in [0.15, 0.2) is 13.1 Å². The molecule has 0 aromatic carbocycles. The standard InChI is InChI=1S/C25H50O4/c1-4-7-9-11-13-16-22-28-25(29-23-17-14-12-10-8-5-2)19-15-18-21-27-24-26-20-6-3/h18,21,25H,4-17,19-20,22-24H2,1-3H3. The number of hydrogen-bond acceptors (Lipinski definition) is 4. The van der Waals surface area contributed by atoms with Crippen molar-refractivity contribution in [1.29, 1.82) is 0 Å². The van der Waals surface area contributed by atoms with Crippen LogP contribution in [0.3, 0.4) is 0 Å². The first-order valence-electron chi connectivity index (χ1n) is 12.4. The highest BCUT2D eigenvalue weighted by atomic mass is 16.7. The minimum atomic E-state index is -0.0951. The Kier molecular flexibility index (Phi) is 24.9. The van der Waals surface area contributed by atoms with E-state index in [0.717, 1.165) is 51.9 Å². The number of ether oxygens (including phenoxy) is 4. The van der Waals surface area contributed by atoms with E-state index in [-0.39, 0.29) is 6.29 Å². The molecule has 0 aliphatic rings. The van der Waals surface area contributed by atoms with Crippen LogP contribution in [0.2, 0.25) is 0 Å². The summed E-state index contributed by atoms with van der Waals surface area (Å²) >= 11 is 0. The molecule has 0 heterocycles. The normalized spacial score (nSPS) is 11.7. The zero-order valence-corrected chi connectivity index (χ0v) is 19.8. The number of allylic oxidation sites excluding steroid dienone is 1. The van der Waals surface area contributed by atoms with E-state index in [2.05, 4.69) is 20.8 Å². The number of hydrogen-bond donors (Lipinski definition) is 0. The molecular weight excluding hydrogens is 364 g/mol. The second-order valence-electron chi connectivity index (χ2n) is 7.85. The fraction of sp³-hybridized carbons (Fsp3) is 0.920. The second kappa shape index (κ2) is 25.5. The molecule has 0 bridgehead atoms. The minimum Gasteiger partial charge on any atom is -0.475 e. The highest BCUT2D eigenvalue weighted by Crippen LogP contribution is 2.11. The summed E-state index contributed by atoms with van der Waals surface area (Å²) in [6.45, 7) is 9.29. The van der Waals surface area contributed by atoms with E-state index in [1.807, 2.05) is 6.08 Å². The van der Waals surface area contributed by atoms with Crippen molar-refractivity contribution in [1.82, 2.24) is 0 Å². The van der Waals surface area contributed by atoms with Crippen LogP contribution in [0.15, 0.2) is 12.3 Å². The number of unbranched alkanes of at least 4 members (excludes halogenated alkanes) is 10. The molecule has 0 spiro atoms. The van der Waals surface area contributed by atoms with Gasteiger partial charge < -0.3 is 18.9 Å². The molecule has 0 saturated carbocycles. The van der Waals surface area contributed by atoms with Gasteiger partial charge in [-0.2, -0.15) is 0 Å². The molecule has 0 aliphatic heterocycles. The van der Waals surface area contributed by atoms with Crippen LogP contribution in [0.1, 0.15) is 117 Å². The van der Waals surface area contributed by atoms with E-state index in [4.69, 9.17) is 18.9 Å². The van der Waals surface area contributed by atoms with Crippen molar-refractivity contribution in [3.8, 4) is 0 Å². The summed E-state index contributed by atoms with van der Waals surface area (Å²) in [4.78, 5) is 0. The Bertz CT molecular complexity index is 302. The van der Waals surface area contributed by atoms with Gasteiger partial charge in [0.05, 0.1) is 12.9 Å². The highest BCUT2D eigenvalue weighted by molar-refractivity contribution is 4.73. The largest absolute Gasteiger partial charge is 0.475 e. The molecule has 0 aliphatic carbocycles. The quantitative estimate of drug-likeness (QED) is 0.0918. The van der Waals surface area contributed by atoms with Crippen LogP contribution >= 0.6 is 0 Å². The summed E-state index contributed by atoms with van der Waals surface area (Å²) in [5.41, 5.74) is 0. The van der Waals surface area contributed by atoms with Gasteiger partial charge in [-0.3, -0.25) is 0 Å². The fourth-order valence-electron chi connectivity index (χ4n) is 3.07. The molecule has 4 heteroatoms. The van der Waals surface area contributed by atoms with Crippen molar-refractivity contribution in [2.45, 2.75) is 123 Å². The third kappa shape index (κ3) is 23.6. The maximum atomic E-state index is 6.03. The molecule has 0 N–H and O–H groups in total. The van der Waals surface area contributed by atoms with Gasteiger partial charge in [0.1, 0.15) is 0 Å². The van der Waals surface area contributed by atoms with E-state index in [1.54, 1.807) is 6.26 Å². The van der Waals surface area contributed by atoms with Crippen LogP contribution in [0, 0.1) is 0 Å². The first-order chi connectivity index (χ1) is 14.3. The van der Waals surface area contributed by atoms with Crippen LogP contribution in [-0.4, -0.2) is 32.9 Å². The molecule has 0 aromatic rings. The summed E-state index contributed by atoms with van der Waals surface area (Å²) in [6, 6.07) is 0. The van der Waals surface area contributed by atoms with E-state index >= 15 is 0 Å². The second-order valence-corrected chi connectivity index (χ2v) is 7.85. The van der Waals surface area contributed by atoms with E-state index in [1.165, 1.54) is 64.2 Å². The lowest BCUT2D eigenvalue weighted by Crippen LogP contribution is -2.18. The lowest BCUT2D eigenvalue weighted by atomic mass is 10.1. The first kappa shape index (κ1) is 28.4. The van der Waals surface area contributed by atoms with Gasteiger partial charge in [-0.25, -0.2) is 0 Å². The fourth-order valence-corrected chi connectivity index (χ4v) is 3.07. The third-order valence-electron chi connectivity index (χ3n) is 4.86. The van der Waals surface area contributed by atoms with E-state index in [9.17, 15) is 0 Å². The Balaban J connectivity index is 3.90. The molecule has 4 nitrogen and oxygen atoms in total. The van der Waals surface area contributed by atoms with Gasteiger partial charge in [0, 0.05) is 19.6 Å². The lowest BCUT2D eigenvalue weighted by molar-refractivity contribution is -0.146. The van der Waals surface area contributed by atoms with Crippen molar-refractivity contribution < 1.29 is 18.9 Å². The number of rotatable bonds is 24. The van der Waals surface area contributed by atoms with E-state index in [0.29, 0.717) is 6.79 Å². The van der Waals surface area contributed by atoms with Crippen molar-refractivity contribution in [3.05, 3.63) is 12.3 Å². The maximum absolute atomic E-state index is 6.03. The highest BCUT2D eigenvalue weighted by Gasteiger charge is 2.08. The predicted octanol–water partition coefficient (Wildman–Crippen LogP) is 7.76. The Hall–Kier alpha value is -0.580. The summed E-state index contributed by atoms with van der Waals surface area (Å²) in [5.74, 6) is 0. The molecule has 0 unspecified atom stereocenters. The maximum Gasteiger partial charge on any atom is 0.188 e. The smallest absolute Gasteiger partial charge is 0.188 e. The van der Waals surface area contributed by atoms with Gasteiger partial charge in [-0.05, 0) is 31.8 Å². The molecular formula is C25H50O4. The van der Waals surface area contributed by atoms with Crippen molar-refractivity contribution in [3.63, 3.8) is 0 Å². The molecule has 0 rings (SSSR count). The minimum absolute atomic E-state index is 0.0951. The molecule has 0 amide bonds. The molecule has 0 atom stereocenters. The Morgan fingerprint density at radius 2 is 1.17 bits per heavy atom. The molecule has 0 radical (unpaired) electrons. The van der Waals surface area contributed by atoms with Crippen LogP contribution in [0.25, 0.3) is 0 Å². The molecule has 0 aromatic heterocycles. The monoisotopic (exact) mass is 414 g/mol. The molecule has 174 valence electrons. The van der Waals surface area contributed by atoms with Gasteiger partial charge >= 0.3 is 0 Å². The molecule has 0 fully saturated rings. The van der Waals surface area contributed by atoms with Gasteiger partial charge in [-0.1, -0.05) is 85.0 Å². The molecule has 29 heavy (non-hydrogen) atoms. The lowest BCUT2D eigenvalue weighted by Gasteiger charge is -2.18. The Morgan fingerprint density at radius 3 is 1.72 bits per heavy atom. The topological polar surface area (TPSA) is 36.9 Å². The van der Waals surface area contributed by atoms with Gasteiger partial charge in [0.2, 0.25) is 0 Å². The third-order valence-corrected chi connectivity index (χ3v) is 4.86. The van der Waals surface area contributed by atoms with Crippen molar-refractivity contribution in [2.24, 2.45) is 0 Å². The molecule has 0 saturated heterocycles. The van der Waals surface area contributed by atoms with Crippen LogP contribution in [-0.2, 0) is 18.9 Å². The van der Waals surface area contributed by atoms with Crippen molar-refractivity contribution >= 4 is 0 Å². The summed E-state index contributed by atoms with van der Waals surface area (Å²) in [5, 5.41) is 0. The predicted molar refractivity (Wildman–Crippen MR) is 123 cm³/mol. The summed E-state index contributed by atoms with van der Waals surface area (Å²) < 4.78 is 22.7. The average molecular weight is 415 g/mol. The van der Waals surface area contributed by atoms with Crippen LogP contribution in [0.5, 0.6) is 0 Å². The first-order valence-corrected chi connectivity index (χ1v) is 12.4. The van der Waals surface area contributed by atoms with Crippen molar-refractivity contribution in [2.75, 3.05) is 26.6 Å². The zero-order valence-electron chi connectivity index (χ0n) is 19.8. The summed E-state index contributed by atoms with van der Waals surface area (Å²) in [6.07, 6.45) is 21.9. The van der Waals surface area contributed by atoms with Crippen LogP contribution in [0.4, 0.5) is 0 Å². The SMILES string of the molecule is CCCCCCCCOC(CCC=COCOCCC)OCCCCCCCC. The Labute approximate surface area is 181 Å². The van der Waals surface area contributed by atoms with Gasteiger partial charge in [-0.15, -0.1) is 0 Å². The Morgan fingerprint density at radius 1 is 0.621 bits per heavy atom.